The van der Waals surface area contributed by atoms with Gasteiger partial charge in [0, 0.05) is 10.9 Å². The van der Waals surface area contributed by atoms with E-state index in [1.807, 2.05) is 0 Å². The van der Waals surface area contributed by atoms with E-state index in [2.05, 4.69) is 20.9 Å². The molecule has 0 saturated heterocycles. The van der Waals surface area contributed by atoms with E-state index in [9.17, 15) is 8.78 Å². The molecule has 0 saturated carbocycles. The van der Waals surface area contributed by atoms with E-state index in [-0.39, 0.29) is 11.6 Å². The Kier molecular flexibility index (Phi) is 3.29. The zero-order valence-electron chi connectivity index (χ0n) is 8.25. The zero-order valence-corrected chi connectivity index (χ0v) is 9.84. The van der Waals surface area contributed by atoms with Gasteiger partial charge in [-0.3, -0.25) is 4.98 Å². The molecule has 0 unspecified atom stereocenters. The smallest absolute Gasteiger partial charge is 0.141 e. The SMILES string of the molecule is Fc1ccc(-c2ncc(F)cc2CBr)cc1. The third kappa shape index (κ3) is 2.27. The number of nitrogens with zero attached hydrogens (tertiary/aromatic N) is 1. The summed E-state index contributed by atoms with van der Waals surface area (Å²) in [7, 11) is 0. The van der Waals surface area contributed by atoms with Crippen LogP contribution in [0, 0.1) is 11.6 Å². The van der Waals surface area contributed by atoms with Gasteiger partial charge in [-0.15, -0.1) is 0 Å². The normalized spacial score (nSPS) is 10.4. The highest BCUT2D eigenvalue weighted by Crippen LogP contribution is 2.23. The summed E-state index contributed by atoms with van der Waals surface area (Å²) in [4.78, 5) is 4.02. The molecule has 0 atom stereocenters. The molecule has 0 aliphatic carbocycles. The molecule has 1 aromatic heterocycles. The minimum absolute atomic E-state index is 0.300. The average Bonchev–Trinajstić information content (AvgIpc) is 2.30. The van der Waals surface area contributed by atoms with Gasteiger partial charge in [0.1, 0.15) is 11.6 Å². The van der Waals surface area contributed by atoms with Crippen LogP contribution in [0.1, 0.15) is 5.56 Å². The standard InChI is InChI=1S/C12H8BrF2N/c13-6-9-5-11(15)7-16-12(9)8-1-3-10(14)4-2-8/h1-5,7H,6H2. The Bertz CT molecular complexity index is 497. The number of aromatic nitrogens is 1. The van der Waals surface area contributed by atoms with Gasteiger partial charge in [-0.25, -0.2) is 8.78 Å². The summed E-state index contributed by atoms with van der Waals surface area (Å²) in [5.41, 5.74) is 2.18. The maximum atomic E-state index is 13.0. The molecule has 1 aromatic carbocycles. The first-order chi connectivity index (χ1) is 7.70. The maximum Gasteiger partial charge on any atom is 0.141 e. The van der Waals surface area contributed by atoms with Crippen LogP contribution < -0.4 is 0 Å². The fourth-order valence-electron chi connectivity index (χ4n) is 1.45. The van der Waals surface area contributed by atoms with Gasteiger partial charge in [0.05, 0.1) is 11.9 Å². The van der Waals surface area contributed by atoms with E-state index in [0.29, 0.717) is 11.0 Å². The summed E-state index contributed by atoms with van der Waals surface area (Å²) in [5.74, 6) is -0.674. The molecule has 4 heteroatoms. The molecule has 0 bridgehead atoms. The van der Waals surface area contributed by atoms with E-state index in [1.165, 1.54) is 18.2 Å². The van der Waals surface area contributed by atoms with Gasteiger partial charge in [-0.1, -0.05) is 15.9 Å². The highest BCUT2D eigenvalue weighted by molar-refractivity contribution is 9.08. The van der Waals surface area contributed by atoms with Crippen LogP contribution in [-0.4, -0.2) is 4.98 Å². The average molecular weight is 284 g/mol. The molecule has 0 amide bonds. The van der Waals surface area contributed by atoms with Crippen LogP contribution in [0.4, 0.5) is 8.78 Å². The van der Waals surface area contributed by atoms with Crippen molar-refractivity contribution in [2.24, 2.45) is 0 Å². The molecule has 0 spiro atoms. The largest absolute Gasteiger partial charge is 0.253 e. The van der Waals surface area contributed by atoms with E-state index in [0.717, 1.165) is 17.3 Å². The highest BCUT2D eigenvalue weighted by atomic mass is 79.9. The van der Waals surface area contributed by atoms with Crippen LogP contribution in [0.3, 0.4) is 0 Å². The highest BCUT2D eigenvalue weighted by Gasteiger charge is 2.07. The minimum atomic E-state index is -0.375. The van der Waals surface area contributed by atoms with Crippen molar-refractivity contribution in [1.29, 1.82) is 0 Å². The Labute approximate surface area is 100 Å². The molecule has 82 valence electrons. The molecule has 2 rings (SSSR count). The molecule has 0 aliphatic heterocycles. The number of alkyl halides is 1. The number of hydrogen-bond donors (Lipinski definition) is 0. The minimum Gasteiger partial charge on any atom is -0.253 e. The van der Waals surface area contributed by atoms with Crippen molar-refractivity contribution in [2.75, 3.05) is 0 Å². The lowest BCUT2D eigenvalue weighted by Crippen LogP contribution is -1.92. The first-order valence-electron chi connectivity index (χ1n) is 4.67. The molecule has 0 radical (unpaired) electrons. The Hall–Kier alpha value is -1.29. The Morgan fingerprint density at radius 2 is 1.75 bits per heavy atom. The van der Waals surface area contributed by atoms with Crippen molar-refractivity contribution in [3.63, 3.8) is 0 Å². The predicted molar refractivity (Wildman–Crippen MR) is 62.2 cm³/mol. The second-order valence-electron chi connectivity index (χ2n) is 3.30. The maximum absolute atomic E-state index is 13.0. The number of rotatable bonds is 2. The molecule has 0 N–H and O–H groups in total. The summed E-state index contributed by atoms with van der Waals surface area (Å²) in [5, 5.41) is 0.504. The molecule has 0 aliphatic rings. The van der Waals surface area contributed by atoms with Gasteiger partial charge >= 0.3 is 0 Å². The van der Waals surface area contributed by atoms with E-state index in [1.54, 1.807) is 12.1 Å². The fraction of sp³-hybridized carbons (Fsp3) is 0.0833. The molecular formula is C12H8BrF2N. The van der Waals surface area contributed by atoms with Crippen LogP contribution >= 0.6 is 15.9 Å². The van der Waals surface area contributed by atoms with Gasteiger partial charge in [0.25, 0.3) is 0 Å². The van der Waals surface area contributed by atoms with E-state index >= 15 is 0 Å². The van der Waals surface area contributed by atoms with Gasteiger partial charge < -0.3 is 0 Å². The summed E-state index contributed by atoms with van der Waals surface area (Å²) < 4.78 is 25.7. The van der Waals surface area contributed by atoms with Crippen LogP contribution in [-0.2, 0) is 5.33 Å². The Balaban J connectivity index is 2.51. The summed E-state index contributed by atoms with van der Waals surface area (Å²) in [6, 6.07) is 7.39. The monoisotopic (exact) mass is 283 g/mol. The molecule has 1 heterocycles. The molecule has 1 nitrogen and oxygen atoms in total. The zero-order chi connectivity index (χ0) is 11.5. The number of benzene rings is 1. The third-order valence-electron chi connectivity index (χ3n) is 2.19. The lowest BCUT2D eigenvalue weighted by molar-refractivity contribution is 0.620. The van der Waals surface area contributed by atoms with Crippen LogP contribution in [0.2, 0.25) is 0 Å². The van der Waals surface area contributed by atoms with Gasteiger partial charge in [0.15, 0.2) is 0 Å². The number of halogens is 3. The summed E-state index contributed by atoms with van der Waals surface area (Å²) >= 11 is 3.27. The topological polar surface area (TPSA) is 12.9 Å². The second-order valence-corrected chi connectivity index (χ2v) is 3.86. The van der Waals surface area contributed by atoms with E-state index in [4.69, 9.17) is 0 Å². The second kappa shape index (κ2) is 4.70. The lowest BCUT2D eigenvalue weighted by atomic mass is 10.1. The molecular weight excluding hydrogens is 276 g/mol. The van der Waals surface area contributed by atoms with E-state index < -0.39 is 0 Å². The van der Waals surface area contributed by atoms with Gasteiger partial charge in [-0.05, 0) is 35.9 Å². The van der Waals surface area contributed by atoms with Crippen molar-refractivity contribution in [1.82, 2.24) is 4.98 Å². The van der Waals surface area contributed by atoms with Crippen LogP contribution in [0.5, 0.6) is 0 Å². The molecule has 16 heavy (non-hydrogen) atoms. The summed E-state index contributed by atoms with van der Waals surface area (Å²) in [6.45, 7) is 0. The third-order valence-corrected chi connectivity index (χ3v) is 2.80. The number of hydrogen-bond acceptors (Lipinski definition) is 1. The predicted octanol–water partition coefficient (Wildman–Crippen LogP) is 3.92. The van der Waals surface area contributed by atoms with Crippen molar-refractivity contribution in [3.8, 4) is 11.3 Å². The lowest BCUT2D eigenvalue weighted by Gasteiger charge is -2.06. The van der Waals surface area contributed by atoms with Gasteiger partial charge in [0.2, 0.25) is 0 Å². The van der Waals surface area contributed by atoms with Crippen LogP contribution in [0.25, 0.3) is 11.3 Å². The van der Waals surface area contributed by atoms with Gasteiger partial charge in [-0.2, -0.15) is 0 Å². The van der Waals surface area contributed by atoms with Crippen molar-refractivity contribution in [2.45, 2.75) is 5.33 Å². The van der Waals surface area contributed by atoms with Crippen LogP contribution in [0.15, 0.2) is 36.5 Å². The molecule has 0 fully saturated rings. The number of pyridine rings is 1. The first kappa shape index (κ1) is 11.2. The first-order valence-corrected chi connectivity index (χ1v) is 5.79. The summed E-state index contributed by atoms with van der Waals surface area (Å²) in [6.07, 6.45) is 1.16. The molecule has 2 aromatic rings. The quantitative estimate of drug-likeness (QED) is 0.762. The van der Waals surface area contributed by atoms with Crippen molar-refractivity contribution in [3.05, 3.63) is 53.7 Å². The van der Waals surface area contributed by atoms with Crippen molar-refractivity contribution >= 4 is 15.9 Å². The Morgan fingerprint density at radius 3 is 2.38 bits per heavy atom. The van der Waals surface area contributed by atoms with Crippen molar-refractivity contribution < 1.29 is 8.78 Å². The fourth-order valence-corrected chi connectivity index (χ4v) is 1.88. The Morgan fingerprint density at radius 1 is 1.06 bits per heavy atom.